The molecule has 1 aliphatic rings. The lowest BCUT2D eigenvalue weighted by Gasteiger charge is -2.39. The number of likely N-dealkylation sites (tertiary alicyclic amines) is 1. The zero-order chi connectivity index (χ0) is 17.4. The van der Waals surface area contributed by atoms with E-state index in [1.54, 1.807) is 35.9 Å². The van der Waals surface area contributed by atoms with Gasteiger partial charge in [-0.2, -0.15) is 5.10 Å². The lowest BCUT2D eigenvalue weighted by Crippen LogP contribution is -2.44. The van der Waals surface area contributed by atoms with Crippen molar-refractivity contribution in [3.05, 3.63) is 35.0 Å². The number of hydrogen-bond acceptors (Lipinski definition) is 5. The van der Waals surface area contributed by atoms with Crippen LogP contribution in [0, 0.1) is 19.8 Å². The summed E-state index contributed by atoms with van der Waals surface area (Å²) >= 11 is 0. The second-order valence-electron chi connectivity index (χ2n) is 6.20. The van der Waals surface area contributed by atoms with E-state index in [0.717, 1.165) is 11.1 Å². The maximum atomic E-state index is 12.6. The van der Waals surface area contributed by atoms with E-state index < -0.39 is 17.9 Å². The van der Waals surface area contributed by atoms with E-state index in [1.165, 1.54) is 0 Å². The molecule has 1 amide bonds. The zero-order valence-corrected chi connectivity index (χ0v) is 13.9. The molecule has 0 spiro atoms. The van der Waals surface area contributed by atoms with Crippen molar-refractivity contribution in [3.8, 4) is 0 Å². The first-order valence-electron chi connectivity index (χ1n) is 7.81. The molecule has 1 saturated heterocycles. The summed E-state index contributed by atoms with van der Waals surface area (Å²) < 4.78 is 6.78. The number of aryl methyl sites for hydroxylation is 3. The van der Waals surface area contributed by atoms with Gasteiger partial charge in [0, 0.05) is 30.8 Å². The number of carbonyl (C=O) groups is 2. The van der Waals surface area contributed by atoms with Gasteiger partial charge in [0.05, 0.1) is 30.4 Å². The first-order chi connectivity index (χ1) is 11.4. The monoisotopic (exact) mass is 332 g/mol. The second-order valence-corrected chi connectivity index (χ2v) is 6.20. The highest BCUT2D eigenvalue weighted by atomic mass is 16.5. The highest BCUT2D eigenvalue weighted by molar-refractivity contribution is 5.81. The molecular weight excluding hydrogens is 312 g/mol. The fraction of sp³-hybridized carbons (Fsp3) is 0.500. The average molecular weight is 332 g/mol. The van der Waals surface area contributed by atoms with Crippen LogP contribution < -0.4 is 0 Å². The van der Waals surface area contributed by atoms with Crippen LogP contribution >= 0.6 is 0 Å². The lowest BCUT2D eigenvalue weighted by atomic mass is 9.85. The van der Waals surface area contributed by atoms with Crippen LogP contribution in [0.25, 0.3) is 0 Å². The van der Waals surface area contributed by atoms with Crippen LogP contribution in [-0.4, -0.2) is 36.8 Å². The summed E-state index contributed by atoms with van der Waals surface area (Å²) in [6, 6.07) is -0.550. The molecule has 1 aliphatic heterocycles. The summed E-state index contributed by atoms with van der Waals surface area (Å²) in [6.07, 6.45) is 3.93. The SMILES string of the molecule is Cc1noc(C)c1CN1C(=O)CC[C@H](C(=O)O)[C@@H]1c1cnn(C)c1. The number of aliphatic carboxylic acids is 1. The van der Waals surface area contributed by atoms with Gasteiger partial charge in [0.1, 0.15) is 5.76 Å². The van der Waals surface area contributed by atoms with Crippen molar-refractivity contribution in [1.29, 1.82) is 0 Å². The molecule has 2 aromatic rings. The highest BCUT2D eigenvalue weighted by Crippen LogP contribution is 2.38. The fourth-order valence-corrected chi connectivity index (χ4v) is 3.30. The largest absolute Gasteiger partial charge is 0.481 e. The Bertz CT molecular complexity index is 759. The van der Waals surface area contributed by atoms with Crippen molar-refractivity contribution in [1.82, 2.24) is 19.8 Å². The number of aromatic nitrogens is 3. The first kappa shape index (κ1) is 16.2. The Kier molecular flexibility index (Phi) is 4.13. The van der Waals surface area contributed by atoms with Gasteiger partial charge in [-0.15, -0.1) is 0 Å². The van der Waals surface area contributed by atoms with Crippen molar-refractivity contribution in [3.63, 3.8) is 0 Å². The van der Waals surface area contributed by atoms with Crippen LogP contribution in [0.4, 0.5) is 0 Å². The van der Waals surface area contributed by atoms with Crippen molar-refractivity contribution in [2.45, 2.75) is 39.3 Å². The Morgan fingerprint density at radius 3 is 2.75 bits per heavy atom. The van der Waals surface area contributed by atoms with Gasteiger partial charge in [-0.3, -0.25) is 14.3 Å². The van der Waals surface area contributed by atoms with E-state index in [9.17, 15) is 14.7 Å². The van der Waals surface area contributed by atoms with Crippen molar-refractivity contribution >= 4 is 11.9 Å². The second kappa shape index (κ2) is 6.10. The Balaban J connectivity index is 2.01. The van der Waals surface area contributed by atoms with Crippen LogP contribution in [-0.2, 0) is 23.2 Å². The van der Waals surface area contributed by atoms with Crippen LogP contribution in [0.5, 0.6) is 0 Å². The first-order valence-corrected chi connectivity index (χ1v) is 7.81. The van der Waals surface area contributed by atoms with Crippen molar-refractivity contribution < 1.29 is 19.2 Å². The molecule has 0 aromatic carbocycles. The fourth-order valence-electron chi connectivity index (χ4n) is 3.30. The van der Waals surface area contributed by atoms with E-state index in [1.807, 2.05) is 6.92 Å². The smallest absolute Gasteiger partial charge is 0.308 e. The van der Waals surface area contributed by atoms with Gasteiger partial charge in [0.2, 0.25) is 5.91 Å². The average Bonchev–Trinajstić information content (AvgIpc) is 3.08. The Morgan fingerprint density at radius 2 is 2.21 bits per heavy atom. The van der Waals surface area contributed by atoms with Gasteiger partial charge >= 0.3 is 5.97 Å². The Labute approximate surface area is 139 Å². The number of amides is 1. The molecule has 0 bridgehead atoms. The molecule has 2 atom stereocenters. The molecule has 0 saturated carbocycles. The summed E-state index contributed by atoms with van der Waals surface area (Å²) in [5.41, 5.74) is 2.26. The Hall–Kier alpha value is -2.64. The van der Waals surface area contributed by atoms with E-state index >= 15 is 0 Å². The summed E-state index contributed by atoms with van der Waals surface area (Å²) in [4.78, 5) is 25.9. The molecule has 1 fully saturated rings. The van der Waals surface area contributed by atoms with Gasteiger partial charge < -0.3 is 14.5 Å². The molecule has 3 heterocycles. The van der Waals surface area contributed by atoms with E-state index in [4.69, 9.17) is 4.52 Å². The number of nitrogens with zero attached hydrogens (tertiary/aromatic N) is 4. The van der Waals surface area contributed by atoms with E-state index in [0.29, 0.717) is 17.9 Å². The lowest BCUT2D eigenvalue weighted by molar-refractivity contribution is -0.152. The van der Waals surface area contributed by atoms with Gasteiger partial charge in [0.15, 0.2) is 0 Å². The number of carboxylic acid groups (broad SMARTS) is 1. The normalized spacial score (nSPS) is 21.3. The van der Waals surface area contributed by atoms with Crippen LogP contribution in [0.3, 0.4) is 0 Å². The minimum Gasteiger partial charge on any atom is -0.481 e. The van der Waals surface area contributed by atoms with Gasteiger partial charge in [0.25, 0.3) is 0 Å². The topological polar surface area (TPSA) is 101 Å². The summed E-state index contributed by atoms with van der Waals surface area (Å²) in [7, 11) is 1.77. The maximum absolute atomic E-state index is 12.6. The maximum Gasteiger partial charge on any atom is 0.308 e. The molecule has 3 rings (SSSR count). The summed E-state index contributed by atoms with van der Waals surface area (Å²) in [6.45, 7) is 3.88. The molecule has 2 aromatic heterocycles. The number of piperidine rings is 1. The van der Waals surface area contributed by atoms with E-state index in [-0.39, 0.29) is 18.9 Å². The number of carboxylic acids is 1. The molecule has 128 valence electrons. The third-order valence-corrected chi connectivity index (χ3v) is 4.60. The summed E-state index contributed by atoms with van der Waals surface area (Å²) in [5, 5.41) is 17.7. The quantitative estimate of drug-likeness (QED) is 0.912. The minimum absolute atomic E-state index is 0.0682. The van der Waals surface area contributed by atoms with Crippen molar-refractivity contribution in [2.75, 3.05) is 0 Å². The molecule has 0 unspecified atom stereocenters. The minimum atomic E-state index is -0.903. The third-order valence-electron chi connectivity index (χ3n) is 4.60. The molecular formula is C16H20N4O4. The zero-order valence-electron chi connectivity index (χ0n) is 13.9. The standard InChI is InChI=1S/C16H20N4O4/c1-9-13(10(2)24-18-9)8-20-14(21)5-4-12(16(22)23)15(20)11-6-17-19(3)7-11/h6-7,12,15H,4-5,8H2,1-3H3,(H,22,23)/t12-,15-/m0/s1. The molecule has 0 radical (unpaired) electrons. The molecule has 0 aliphatic carbocycles. The number of rotatable bonds is 4. The summed E-state index contributed by atoms with van der Waals surface area (Å²) in [5.74, 6) is -0.989. The van der Waals surface area contributed by atoms with Gasteiger partial charge in [-0.05, 0) is 20.3 Å². The molecule has 8 heteroatoms. The number of carbonyl (C=O) groups excluding carboxylic acids is 1. The highest BCUT2D eigenvalue weighted by Gasteiger charge is 2.41. The van der Waals surface area contributed by atoms with Crippen LogP contribution in [0.15, 0.2) is 16.9 Å². The number of hydrogen-bond donors (Lipinski definition) is 1. The third kappa shape index (κ3) is 2.79. The molecule has 24 heavy (non-hydrogen) atoms. The van der Waals surface area contributed by atoms with Crippen LogP contribution in [0.1, 0.15) is 41.5 Å². The van der Waals surface area contributed by atoms with Gasteiger partial charge in [-0.25, -0.2) is 0 Å². The molecule has 1 N–H and O–H groups in total. The predicted molar refractivity (Wildman–Crippen MR) is 82.8 cm³/mol. The Morgan fingerprint density at radius 1 is 1.46 bits per heavy atom. The van der Waals surface area contributed by atoms with Gasteiger partial charge in [-0.1, -0.05) is 5.16 Å². The molecule has 8 nitrogen and oxygen atoms in total. The van der Waals surface area contributed by atoms with E-state index in [2.05, 4.69) is 10.3 Å². The van der Waals surface area contributed by atoms with Crippen molar-refractivity contribution in [2.24, 2.45) is 13.0 Å². The van der Waals surface area contributed by atoms with Crippen LogP contribution in [0.2, 0.25) is 0 Å². The predicted octanol–water partition coefficient (Wildman–Crippen LogP) is 1.59.